The molecule has 3 nitrogen and oxygen atoms in total. The Bertz CT molecular complexity index is 615. The van der Waals surface area contributed by atoms with E-state index in [0.717, 1.165) is 25.5 Å². The zero-order valence-corrected chi connectivity index (χ0v) is 15.2. The highest BCUT2D eigenvalue weighted by Gasteiger charge is 2.33. The van der Waals surface area contributed by atoms with Crippen molar-refractivity contribution in [2.24, 2.45) is 5.92 Å². The van der Waals surface area contributed by atoms with Crippen molar-refractivity contribution >= 4 is 23.9 Å². The summed E-state index contributed by atoms with van der Waals surface area (Å²) >= 11 is 0. The fourth-order valence-corrected chi connectivity index (χ4v) is 3.15. The number of carbonyl (C=O) groups excluding carboxylic acids is 1. The summed E-state index contributed by atoms with van der Waals surface area (Å²) < 4.78 is 39.3. The first-order valence-corrected chi connectivity index (χ1v) is 8.11. The molecule has 7 heteroatoms. The average molecular weight is 377 g/mol. The normalized spacial score (nSPS) is 18.7. The lowest BCUT2D eigenvalue weighted by Crippen LogP contribution is -2.41. The van der Waals surface area contributed by atoms with Gasteiger partial charge in [-0.15, -0.1) is 12.4 Å². The SMILES string of the molecule is CNCC1CCCN(C(=O)C=C(C)c2ccccc2C(F)(F)F)C1.Cl. The third-order valence-corrected chi connectivity index (χ3v) is 4.32. The molecule has 1 aromatic rings. The maximum absolute atomic E-state index is 13.1. The van der Waals surface area contributed by atoms with Crippen molar-refractivity contribution in [3.63, 3.8) is 0 Å². The molecule has 1 aliphatic rings. The smallest absolute Gasteiger partial charge is 0.339 e. The maximum Gasteiger partial charge on any atom is 0.416 e. The predicted octanol–water partition coefficient (Wildman–Crippen LogP) is 3.99. The summed E-state index contributed by atoms with van der Waals surface area (Å²) in [6.07, 6.45) is -1.13. The van der Waals surface area contributed by atoms with Crippen molar-refractivity contribution in [3.8, 4) is 0 Å². The van der Waals surface area contributed by atoms with E-state index in [1.54, 1.807) is 17.9 Å². The molecular formula is C18H24ClF3N2O. The maximum atomic E-state index is 13.1. The van der Waals surface area contributed by atoms with Crippen LogP contribution in [0.4, 0.5) is 13.2 Å². The van der Waals surface area contributed by atoms with Crippen LogP contribution in [0.25, 0.3) is 5.57 Å². The Labute approximate surface area is 152 Å². The first-order chi connectivity index (χ1) is 11.3. The number of halogens is 4. The van der Waals surface area contributed by atoms with Crippen molar-refractivity contribution in [1.29, 1.82) is 0 Å². The summed E-state index contributed by atoms with van der Waals surface area (Å²) in [5.74, 6) is 0.175. The molecule has 1 heterocycles. The molecule has 1 N–H and O–H groups in total. The largest absolute Gasteiger partial charge is 0.416 e. The van der Waals surface area contributed by atoms with Gasteiger partial charge >= 0.3 is 6.18 Å². The van der Waals surface area contributed by atoms with Gasteiger partial charge in [-0.2, -0.15) is 13.2 Å². The Balaban J connectivity index is 0.00000312. The Morgan fingerprint density at radius 3 is 2.68 bits per heavy atom. The summed E-state index contributed by atoms with van der Waals surface area (Å²) in [6, 6.07) is 5.35. The van der Waals surface area contributed by atoms with Gasteiger partial charge in [0.25, 0.3) is 0 Å². The minimum atomic E-state index is -4.43. The molecule has 0 aliphatic carbocycles. The molecule has 0 aromatic heterocycles. The van der Waals surface area contributed by atoms with Gasteiger partial charge in [-0.1, -0.05) is 18.2 Å². The number of nitrogens with one attached hydrogen (secondary N) is 1. The Hall–Kier alpha value is -1.53. The van der Waals surface area contributed by atoms with Gasteiger partial charge in [0, 0.05) is 19.2 Å². The van der Waals surface area contributed by atoms with E-state index in [9.17, 15) is 18.0 Å². The lowest BCUT2D eigenvalue weighted by atomic mass is 9.97. The number of amides is 1. The van der Waals surface area contributed by atoms with Crippen molar-refractivity contribution in [2.75, 3.05) is 26.7 Å². The van der Waals surface area contributed by atoms with E-state index < -0.39 is 11.7 Å². The third-order valence-electron chi connectivity index (χ3n) is 4.32. The predicted molar refractivity (Wildman–Crippen MR) is 95.6 cm³/mol. The molecule has 1 atom stereocenters. The van der Waals surface area contributed by atoms with E-state index in [-0.39, 0.29) is 23.9 Å². The second-order valence-corrected chi connectivity index (χ2v) is 6.22. The van der Waals surface area contributed by atoms with Gasteiger partial charge in [0.05, 0.1) is 5.56 Å². The van der Waals surface area contributed by atoms with E-state index in [4.69, 9.17) is 0 Å². The molecule has 1 unspecified atom stereocenters. The van der Waals surface area contributed by atoms with Crippen LogP contribution >= 0.6 is 12.4 Å². The minimum absolute atomic E-state index is 0. The summed E-state index contributed by atoms with van der Waals surface area (Å²) in [5.41, 5.74) is -0.316. The monoisotopic (exact) mass is 376 g/mol. The summed E-state index contributed by atoms with van der Waals surface area (Å²) in [6.45, 7) is 3.69. The van der Waals surface area contributed by atoms with E-state index in [2.05, 4.69) is 5.32 Å². The molecule has 25 heavy (non-hydrogen) atoms. The first-order valence-electron chi connectivity index (χ1n) is 8.11. The fraction of sp³-hybridized carbons (Fsp3) is 0.500. The number of benzene rings is 1. The van der Waals surface area contributed by atoms with Crippen molar-refractivity contribution in [3.05, 3.63) is 41.5 Å². The van der Waals surface area contributed by atoms with Gasteiger partial charge in [0.2, 0.25) is 5.91 Å². The molecule has 0 saturated carbocycles. The van der Waals surface area contributed by atoms with Crippen LogP contribution in [0.3, 0.4) is 0 Å². The molecule has 1 saturated heterocycles. The summed E-state index contributed by atoms with van der Waals surface area (Å²) in [7, 11) is 1.87. The van der Waals surface area contributed by atoms with Crippen LogP contribution in [0.2, 0.25) is 0 Å². The zero-order chi connectivity index (χ0) is 17.7. The number of alkyl halides is 3. The quantitative estimate of drug-likeness (QED) is 0.806. The molecule has 0 spiro atoms. The number of likely N-dealkylation sites (tertiary alicyclic amines) is 1. The molecule has 1 amide bonds. The van der Waals surface area contributed by atoms with Crippen LogP contribution in [0.1, 0.15) is 30.9 Å². The second-order valence-electron chi connectivity index (χ2n) is 6.22. The lowest BCUT2D eigenvalue weighted by molar-refractivity contribution is -0.137. The molecule has 0 bridgehead atoms. The van der Waals surface area contributed by atoms with Gasteiger partial charge in [-0.05, 0) is 56.5 Å². The van der Waals surface area contributed by atoms with Crippen LogP contribution < -0.4 is 5.32 Å². The molecule has 140 valence electrons. The van der Waals surface area contributed by atoms with Gasteiger partial charge in [-0.25, -0.2) is 0 Å². The Morgan fingerprint density at radius 1 is 1.36 bits per heavy atom. The number of hydrogen-bond acceptors (Lipinski definition) is 2. The second kappa shape index (κ2) is 9.25. The first kappa shape index (κ1) is 21.5. The van der Waals surface area contributed by atoms with E-state index in [0.29, 0.717) is 24.6 Å². The standard InChI is InChI=1S/C18H23F3N2O.ClH/c1-13(15-7-3-4-8-16(15)18(19,20)21)10-17(24)23-9-5-6-14(12-23)11-22-2;/h3-4,7-8,10,14,22H,5-6,9,11-12H2,1-2H3;1H. The van der Waals surface area contributed by atoms with Gasteiger partial charge in [0.15, 0.2) is 0 Å². The minimum Gasteiger partial charge on any atom is -0.339 e. The number of hydrogen-bond donors (Lipinski definition) is 1. The van der Waals surface area contributed by atoms with Gasteiger partial charge < -0.3 is 10.2 Å². The Kier molecular flexibility index (Phi) is 7.96. The molecule has 1 aromatic carbocycles. The molecule has 0 radical (unpaired) electrons. The van der Waals surface area contributed by atoms with Gasteiger partial charge in [0.1, 0.15) is 0 Å². The molecular weight excluding hydrogens is 353 g/mol. The van der Waals surface area contributed by atoms with E-state index in [1.165, 1.54) is 18.2 Å². The number of piperidine rings is 1. The average Bonchev–Trinajstić information content (AvgIpc) is 2.54. The van der Waals surface area contributed by atoms with E-state index >= 15 is 0 Å². The third kappa shape index (κ3) is 5.75. The van der Waals surface area contributed by atoms with Crippen LogP contribution in [-0.4, -0.2) is 37.5 Å². The van der Waals surface area contributed by atoms with E-state index in [1.807, 2.05) is 7.05 Å². The van der Waals surface area contributed by atoms with Crippen molar-refractivity contribution < 1.29 is 18.0 Å². The zero-order valence-electron chi connectivity index (χ0n) is 14.4. The summed E-state index contributed by atoms with van der Waals surface area (Å²) in [4.78, 5) is 14.2. The number of allylic oxidation sites excluding steroid dienone is 1. The lowest BCUT2D eigenvalue weighted by Gasteiger charge is -2.32. The fourth-order valence-electron chi connectivity index (χ4n) is 3.15. The molecule has 1 aliphatic heterocycles. The van der Waals surface area contributed by atoms with Crippen molar-refractivity contribution in [2.45, 2.75) is 25.9 Å². The highest BCUT2D eigenvalue weighted by Crippen LogP contribution is 2.34. The molecule has 2 rings (SSSR count). The van der Waals surface area contributed by atoms with Crippen molar-refractivity contribution in [1.82, 2.24) is 10.2 Å². The number of nitrogens with zero attached hydrogens (tertiary/aromatic N) is 1. The van der Waals surface area contributed by atoms with Crippen LogP contribution in [-0.2, 0) is 11.0 Å². The topological polar surface area (TPSA) is 32.3 Å². The molecule has 1 fully saturated rings. The van der Waals surface area contributed by atoms with Crippen LogP contribution in [0.5, 0.6) is 0 Å². The number of carbonyl (C=O) groups is 1. The Morgan fingerprint density at radius 2 is 2.04 bits per heavy atom. The highest BCUT2D eigenvalue weighted by atomic mass is 35.5. The number of rotatable bonds is 4. The van der Waals surface area contributed by atoms with Crippen LogP contribution in [0, 0.1) is 5.92 Å². The van der Waals surface area contributed by atoms with Crippen LogP contribution in [0.15, 0.2) is 30.3 Å². The highest BCUT2D eigenvalue weighted by molar-refractivity contribution is 5.95. The van der Waals surface area contributed by atoms with Gasteiger partial charge in [-0.3, -0.25) is 4.79 Å². The summed E-state index contributed by atoms with van der Waals surface area (Å²) in [5, 5.41) is 3.11.